The van der Waals surface area contributed by atoms with E-state index in [-0.39, 0.29) is 11.7 Å². The highest BCUT2D eigenvalue weighted by Gasteiger charge is 2.22. The number of hydrogen-bond donors (Lipinski definition) is 3. The normalized spacial score (nSPS) is 14.1. The number of carbonyl (C=O) groups is 1. The molecule has 5 rings (SSSR count). The number of benzene rings is 2. The average molecular weight is 375 g/mol. The molecule has 0 radical (unpaired) electrons. The molecular formula is C20H17N5O3. The quantitative estimate of drug-likeness (QED) is 0.507. The minimum Gasteiger partial charge on any atom is -0.446 e. The predicted octanol–water partition coefficient (Wildman–Crippen LogP) is 3.57. The Hall–Kier alpha value is -3.68. The zero-order valence-electron chi connectivity index (χ0n) is 14.9. The summed E-state index contributed by atoms with van der Waals surface area (Å²) in [6.45, 7) is 0. The van der Waals surface area contributed by atoms with E-state index in [1.807, 2.05) is 36.4 Å². The van der Waals surface area contributed by atoms with Gasteiger partial charge in [-0.3, -0.25) is 10.1 Å². The number of fused-ring (bicyclic) bond motifs is 2. The number of imidazole rings is 1. The summed E-state index contributed by atoms with van der Waals surface area (Å²) in [6.07, 6.45) is 2.43. The minimum absolute atomic E-state index is 0.00979. The molecule has 0 aliphatic heterocycles. The second-order valence-electron chi connectivity index (χ2n) is 6.85. The fourth-order valence-corrected chi connectivity index (χ4v) is 3.32. The van der Waals surface area contributed by atoms with Gasteiger partial charge in [0, 0.05) is 10.9 Å². The molecule has 1 saturated carbocycles. The molecule has 2 aromatic heterocycles. The van der Waals surface area contributed by atoms with Gasteiger partial charge in [0.25, 0.3) is 5.56 Å². The van der Waals surface area contributed by atoms with Crippen LogP contribution in [0.15, 0.2) is 47.3 Å². The lowest BCUT2D eigenvalue weighted by atomic mass is 9.96. The first-order valence-corrected chi connectivity index (χ1v) is 9.12. The van der Waals surface area contributed by atoms with E-state index < -0.39 is 6.09 Å². The number of nitrogens with one attached hydrogen (secondary N) is 3. The van der Waals surface area contributed by atoms with Gasteiger partial charge in [-0.2, -0.15) is 5.10 Å². The average Bonchev–Trinajstić information content (AvgIpc) is 3.06. The van der Waals surface area contributed by atoms with E-state index in [0.29, 0.717) is 22.5 Å². The maximum atomic E-state index is 12.0. The third kappa shape index (κ3) is 2.88. The summed E-state index contributed by atoms with van der Waals surface area (Å²) in [5.41, 5.74) is 2.72. The molecule has 8 nitrogen and oxygen atoms in total. The fourth-order valence-electron chi connectivity index (χ4n) is 3.32. The van der Waals surface area contributed by atoms with Crippen molar-refractivity contribution in [3.8, 4) is 11.3 Å². The molecule has 1 aliphatic rings. The Morgan fingerprint density at radius 2 is 1.96 bits per heavy atom. The van der Waals surface area contributed by atoms with Gasteiger partial charge in [0.15, 0.2) is 0 Å². The SMILES string of the molecule is O=C(Nc1nc2ccc(-c3n[nH]c(=O)c4ccccc34)cc2[nH]1)OC1CCC1. The van der Waals surface area contributed by atoms with E-state index in [1.165, 1.54) is 0 Å². The van der Waals surface area contributed by atoms with Crippen LogP contribution in [0.3, 0.4) is 0 Å². The van der Waals surface area contributed by atoms with Gasteiger partial charge < -0.3 is 9.72 Å². The molecule has 1 aliphatic carbocycles. The molecule has 140 valence electrons. The molecule has 0 unspecified atom stereocenters. The van der Waals surface area contributed by atoms with Gasteiger partial charge in [-0.15, -0.1) is 0 Å². The molecule has 0 atom stereocenters. The number of amides is 1. The molecule has 0 saturated heterocycles. The standard InChI is InChI=1S/C20H17N5O3/c26-18-14-7-2-1-6-13(14)17(24-25-18)11-8-9-15-16(10-11)22-19(21-15)23-20(27)28-12-4-3-5-12/h1-2,6-10,12H,3-5H2,(H,25,26)(H2,21,22,23,27). The third-order valence-electron chi connectivity index (χ3n) is 5.00. The molecule has 2 heterocycles. The molecule has 28 heavy (non-hydrogen) atoms. The van der Waals surface area contributed by atoms with Gasteiger partial charge in [0.1, 0.15) is 6.10 Å². The van der Waals surface area contributed by atoms with E-state index in [4.69, 9.17) is 4.74 Å². The van der Waals surface area contributed by atoms with Crippen LogP contribution in [0.2, 0.25) is 0 Å². The number of H-pyrrole nitrogens is 2. The van der Waals surface area contributed by atoms with Gasteiger partial charge in [-0.25, -0.2) is 14.9 Å². The Kier molecular flexibility index (Phi) is 3.82. The third-order valence-corrected chi connectivity index (χ3v) is 5.00. The smallest absolute Gasteiger partial charge is 0.414 e. The van der Waals surface area contributed by atoms with Crippen molar-refractivity contribution < 1.29 is 9.53 Å². The predicted molar refractivity (Wildman–Crippen MR) is 105 cm³/mol. The van der Waals surface area contributed by atoms with Crippen LogP contribution in [-0.4, -0.2) is 32.4 Å². The van der Waals surface area contributed by atoms with Crippen molar-refractivity contribution in [2.45, 2.75) is 25.4 Å². The molecular weight excluding hydrogens is 358 g/mol. The van der Waals surface area contributed by atoms with Crippen molar-refractivity contribution in [3.63, 3.8) is 0 Å². The number of aromatic amines is 2. The van der Waals surface area contributed by atoms with Crippen molar-refractivity contribution >= 4 is 33.8 Å². The second kappa shape index (κ2) is 6.49. The summed E-state index contributed by atoms with van der Waals surface area (Å²) < 4.78 is 5.28. The number of nitrogens with zero attached hydrogens (tertiary/aromatic N) is 2. The van der Waals surface area contributed by atoms with Gasteiger partial charge in [0.2, 0.25) is 5.95 Å². The Morgan fingerprint density at radius 1 is 1.14 bits per heavy atom. The number of anilines is 1. The first-order chi connectivity index (χ1) is 13.7. The van der Waals surface area contributed by atoms with Crippen LogP contribution in [-0.2, 0) is 4.74 Å². The number of hydrogen-bond acceptors (Lipinski definition) is 5. The first kappa shape index (κ1) is 16.5. The van der Waals surface area contributed by atoms with E-state index in [0.717, 1.165) is 35.7 Å². The molecule has 1 fully saturated rings. The highest BCUT2D eigenvalue weighted by atomic mass is 16.6. The largest absolute Gasteiger partial charge is 0.446 e. The maximum Gasteiger partial charge on any atom is 0.414 e. The molecule has 3 N–H and O–H groups in total. The van der Waals surface area contributed by atoms with Crippen molar-refractivity contribution in [1.29, 1.82) is 0 Å². The first-order valence-electron chi connectivity index (χ1n) is 9.12. The van der Waals surface area contributed by atoms with Crippen molar-refractivity contribution in [1.82, 2.24) is 20.2 Å². The zero-order valence-corrected chi connectivity index (χ0v) is 14.9. The summed E-state index contributed by atoms with van der Waals surface area (Å²) in [4.78, 5) is 31.4. The molecule has 0 bridgehead atoms. The molecule has 2 aromatic carbocycles. The van der Waals surface area contributed by atoms with Crippen LogP contribution < -0.4 is 10.9 Å². The van der Waals surface area contributed by atoms with Crippen molar-refractivity contribution in [2.75, 3.05) is 5.32 Å². The topological polar surface area (TPSA) is 113 Å². The number of carbonyl (C=O) groups excluding carboxylic acids is 1. The number of aromatic nitrogens is 4. The van der Waals surface area contributed by atoms with Crippen LogP contribution in [0.1, 0.15) is 19.3 Å². The summed E-state index contributed by atoms with van der Waals surface area (Å²) in [5.74, 6) is 0.329. The lowest BCUT2D eigenvalue weighted by Crippen LogP contribution is -2.28. The van der Waals surface area contributed by atoms with E-state index >= 15 is 0 Å². The fraction of sp³-hybridized carbons (Fsp3) is 0.200. The lowest BCUT2D eigenvalue weighted by Gasteiger charge is -2.24. The molecule has 8 heteroatoms. The zero-order chi connectivity index (χ0) is 19.1. The number of ether oxygens (including phenoxy) is 1. The van der Waals surface area contributed by atoms with Gasteiger partial charge in [0.05, 0.1) is 22.1 Å². The Bertz CT molecular complexity index is 1260. The van der Waals surface area contributed by atoms with Gasteiger partial charge in [-0.1, -0.05) is 24.3 Å². The molecule has 0 spiro atoms. The monoisotopic (exact) mass is 375 g/mol. The van der Waals surface area contributed by atoms with Gasteiger partial charge in [-0.05, 0) is 37.5 Å². The van der Waals surface area contributed by atoms with Crippen LogP contribution in [0.4, 0.5) is 10.7 Å². The van der Waals surface area contributed by atoms with E-state index in [2.05, 4.69) is 25.5 Å². The minimum atomic E-state index is -0.503. The Labute approximate surface area is 158 Å². The second-order valence-corrected chi connectivity index (χ2v) is 6.85. The van der Waals surface area contributed by atoms with Crippen molar-refractivity contribution in [2.24, 2.45) is 0 Å². The lowest BCUT2D eigenvalue weighted by molar-refractivity contribution is 0.0623. The Balaban J connectivity index is 1.48. The van der Waals surface area contributed by atoms with Gasteiger partial charge >= 0.3 is 6.09 Å². The Morgan fingerprint density at radius 3 is 2.75 bits per heavy atom. The summed E-state index contributed by atoms with van der Waals surface area (Å²) in [7, 11) is 0. The maximum absolute atomic E-state index is 12.0. The van der Waals surface area contributed by atoms with Crippen LogP contribution in [0.25, 0.3) is 33.1 Å². The van der Waals surface area contributed by atoms with Crippen molar-refractivity contribution in [3.05, 3.63) is 52.8 Å². The van der Waals surface area contributed by atoms with E-state index in [9.17, 15) is 9.59 Å². The van der Waals surface area contributed by atoms with Crippen LogP contribution >= 0.6 is 0 Å². The molecule has 4 aromatic rings. The van der Waals surface area contributed by atoms with E-state index in [1.54, 1.807) is 6.07 Å². The van der Waals surface area contributed by atoms with Crippen LogP contribution in [0.5, 0.6) is 0 Å². The highest BCUT2D eigenvalue weighted by molar-refractivity contribution is 5.96. The summed E-state index contributed by atoms with van der Waals surface area (Å²) >= 11 is 0. The number of rotatable bonds is 3. The summed E-state index contributed by atoms with van der Waals surface area (Å²) in [5, 5.41) is 10.8. The summed E-state index contributed by atoms with van der Waals surface area (Å²) in [6, 6.07) is 12.9. The van der Waals surface area contributed by atoms with Crippen LogP contribution in [0, 0.1) is 0 Å². The highest BCUT2D eigenvalue weighted by Crippen LogP contribution is 2.27. The molecule has 1 amide bonds.